The van der Waals surface area contributed by atoms with Gasteiger partial charge in [-0.15, -0.1) is 11.3 Å². The summed E-state index contributed by atoms with van der Waals surface area (Å²) in [6.07, 6.45) is 4.60. The van der Waals surface area contributed by atoms with Crippen LogP contribution in [-0.4, -0.2) is 18.6 Å². The van der Waals surface area contributed by atoms with Crippen molar-refractivity contribution in [2.75, 3.05) is 13.7 Å². The van der Waals surface area contributed by atoms with Crippen LogP contribution in [0.2, 0.25) is 0 Å². The minimum atomic E-state index is -0.147. The Morgan fingerprint density at radius 3 is 2.43 bits per heavy atom. The quantitative estimate of drug-likeness (QED) is 0.865. The van der Waals surface area contributed by atoms with Gasteiger partial charge >= 0.3 is 0 Å². The number of aromatic nitrogens is 1. The first-order valence-corrected chi connectivity index (χ1v) is 8.94. The highest BCUT2D eigenvalue weighted by Crippen LogP contribution is 2.49. The molecule has 1 N–H and O–H groups in total. The Hall–Kier alpha value is -0.450. The largest absolute Gasteiger partial charge is 0.368 e. The molecule has 120 valence electrons. The summed E-state index contributed by atoms with van der Waals surface area (Å²) in [5.41, 5.74) is 1.44. The minimum Gasteiger partial charge on any atom is -0.368 e. The molecule has 1 atom stereocenters. The Labute approximate surface area is 133 Å². The SMILES string of the molecule is CCOC1(c2nc(C)c(C(C)NC)s2)CCC(C)(C)CC1. The summed E-state index contributed by atoms with van der Waals surface area (Å²) >= 11 is 1.84. The minimum absolute atomic E-state index is 0.147. The molecule has 2 rings (SSSR count). The molecule has 1 unspecified atom stereocenters. The lowest BCUT2D eigenvalue weighted by molar-refractivity contribution is -0.0890. The third-order valence-electron chi connectivity index (χ3n) is 4.88. The van der Waals surface area contributed by atoms with Crippen LogP contribution in [0.3, 0.4) is 0 Å². The van der Waals surface area contributed by atoms with Crippen molar-refractivity contribution in [1.82, 2.24) is 10.3 Å². The standard InChI is InChI=1S/C17H30N2OS/c1-7-20-17(10-8-16(4,5)9-11-17)15-19-13(3)14(21-15)12(2)18-6/h12,18H,7-11H2,1-6H3. The zero-order chi connectivity index (χ0) is 15.7. The highest BCUT2D eigenvalue weighted by molar-refractivity contribution is 7.12. The molecular formula is C17H30N2OS. The Morgan fingerprint density at radius 2 is 1.90 bits per heavy atom. The fourth-order valence-electron chi connectivity index (χ4n) is 3.16. The van der Waals surface area contributed by atoms with Crippen LogP contribution in [0.25, 0.3) is 0 Å². The van der Waals surface area contributed by atoms with Gasteiger partial charge < -0.3 is 10.1 Å². The molecule has 0 aliphatic heterocycles. The number of hydrogen-bond acceptors (Lipinski definition) is 4. The summed E-state index contributed by atoms with van der Waals surface area (Å²) in [6.45, 7) is 11.9. The topological polar surface area (TPSA) is 34.1 Å². The average molecular weight is 311 g/mol. The van der Waals surface area contributed by atoms with Gasteiger partial charge in [0, 0.05) is 17.5 Å². The first kappa shape index (κ1) is 16.9. The van der Waals surface area contributed by atoms with E-state index >= 15 is 0 Å². The smallest absolute Gasteiger partial charge is 0.125 e. The highest BCUT2D eigenvalue weighted by Gasteiger charge is 2.42. The van der Waals surface area contributed by atoms with Gasteiger partial charge in [-0.1, -0.05) is 13.8 Å². The van der Waals surface area contributed by atoms with Crippen molar-refractivity contribution < 1.29 is 4.74 Å². The normalized spacial score (nSPS) is 22.2. The van der Waals surface area contributed by atoms with E-state index < -0.39 is 0 Å². The van der Waals surface area contributed by atoms with E-state index in [1.807, 2.05) is 18.4 Å². The molecule has 0 bridgehead atoms. The predicted octanol–water partition coefficient (Wildman–Crippen LogP) is 4.56. The third kappa shape index (κ3) is 3.49. The maximum atomic E-state index is 6.26. The number of ether oxygens (including phenoxy) is 1. The molecule has 1 fully saturated rings. The van der Waals surface area contributed by atoms with Crippen LogP contribution >= 0.6 is 11.3 Å². The van der Waals surface area contributed by atoms with Gasteiger partial charge in [0.05, 0.1) is 5.69 Å². The Bertz CT molecular complexity index is 471. The fourth-order valence-corrected chi connectivity index (χ4v) is 4.49. The molecule has 4 heteroatoms. The van der Waals surface area contributed by atoms with Gasteiger partial charge in [-0.25, -0.2) is 4.98 Å². The third-order valence-corrected chi connectivity index (χ3v) is 6.41. The van der Waals surface area contributed by atoms with Crippen LogP contribution in [0.4, 0.5) is 0 Å². The summed E-state index contributed by atoms with van der Waals surface area (Å²) < 4.78 is 6.26. The molecule has 1 heterocycles. The molecule has 0 amide bonds. The Morgan fingerprint density at radius 1 is 1.29 bits per heavy atom. The lowest BCUT2D eigenvalue weighted by Crippen LogP contribution is -2.37. The summed E-state index contributed by atoms with van der Waals surface area (Å²) in [5, 5.41) is 4.51. The van der Waals surface area contributed by atoms with Gasteiger partial charge in [-0.05, 0) is 58.9 Å². The van der Waals surface area contributed by atoms with Gasteiger partial charge in [0.15, 0.2) is 0 Å². The van der Waals surface area contributed by atoms with Crippen LogP contribution in [0.5, 0.6) is 0 Å². The molecule has 21 heavy (non-hydrogen) atoms. The van der Waals surface area contributed by atoms with E-state index in [0.717, 1.165) is 25.1 Å². The summed E-state index contributed by atoms with van der Waals surface area (Å²) in [5.74, 6) is 0. The molecule has 1 aromatic heterocycles. The molecule has 1 saturated carbocycles. The first-order valence-electron chi connectivity index (χ1n) is 8.12. The van der Waals surface area contributed by atoms with Gasteiger partial charge in [0.1, 0.15) is 10.6 Å². The van der Waals surface area contributed by atoms with Crippen molar-refractivity contribution in [3.8, 4) is 0 Å². The number of rotatable bonds is 5. The number of aryl methyl sites for hydroxylation is 1. The summed E-state index contributed by atoms with van der Waals surface area (Å²) in [4.78, 5) is 6.24. The molecule has 0 saturated heterocycles. The maximum absolute atomic E-state index is 6.26. The van der Waals surface area contributed by atoms with E-state index in [1.165, 1.54) is 22.7 Å². The summed E-state index contributed by atoms with van der Waals surface area (Å²) in [6, 6.07) is 0.356. The lowest BCUT2D eigenvalue weighted by Gasteiger charge is -2.42. The van der Waals surface area contributed by atoms with Crippen LogP contribution < -0.4 is 5.32 Å². The van der Waals surface area contributed by atoms with Crippen LogP contribution in [0.15, 0.2) is 0 Å². The molecule has 1 aliphatic rings. The van der Waals surface area contributed by atoms with E-state index in [1.54, 1.807) is 0 Å². The number of nitrogens with zero attached hydrogens (tertiary/aromatic N) is 1. The van der Waals surface area contributed by atoms with Crippen LogP contribution in [-0.2, 0) is 10.3 Å². The van der Waals surface area contributed by atoms with Crippen molar-refractivity contribution in [1.29, 1.82) is 0 Å². The monoisotopic (exact) mass is 310 g/mol. The van der Waals surface area contributed by atoms with Gasteiger partial charge in [0.2, 0.25) is 0 Å². The van der Waals surface area contributed by atoms with Crippen molar-refractivity contribution in [2.45, 2.75) is 71.9 Å². The lowest BCUT2D eigenvalue weighted by atomic mass is 9.71. The predicted molar refractivity (Wildman–Crippen MR) is 89.9 cm³/mol. The second kappa shape index (κ2) is 6.35. The van der Waals surface area contributed by atoms with Crippen molar-refractivity contribution >= 4 is 11.3 Å². The van der Waals surface area contributed by atoms with E-state index in [4.69, 9.17) is 9.72 Å². The Kier molecular flexibility index (Phi) is 5.11. The summed E-state index contributed by atoms with van der Waals surface area (Å²) in [7, 11) is 2.00. The number of thiazole rings is 1. The second-order valence-electron chi connectivity index (χ2n) is 7.07. The van der Waals surface area contributed by atoms with Crippen LogP contribution in [0, 0.1) is 12.3 Å². The van der Waals surface area contributed by atoms with E-state index in [0.29, 0.717) is 11.5 Å². The maximum Gasteiger partial charge on any atom is 0.125 e. The molecule has 1 aliphatic carbocycles. The van der Waals surface area contributed by atoms with Crippen molar-refractivity contribution in [3.05, 3.63) is 15.6 Å². The average Bonchev–Trinajstić information content (AvgIpc) is 2.83. The van der Waals surface area contributed by atoms with E-state index in [2.05, 4.69) is 39.9 Å². The Balaban J connectivity index is 2.31. The molecule has 0 aromatic carbocycles. The van der Waals surface area contributed by atoms with Crippen LogP contribution in [0.1, 0.15) is 75.0 Å². The second-order valence-corrected chi connectivity index (χ2v) is 8.10. The highest BCUT2D eigenvalue weighted by atomic mass is 32.1. The first-order chi connectivity index (χ1) is 9.83. The van der Waals surface area contributed by atoms with Gasteiger partial charge in [0.25, 0.3) is 0 Å². The van der Waals surface area contributed by atoms with E-state index in [-0.39, 0.29) is 5.60 Å². The number of nitrogens with one attached hydrogen (secondary N) is 1. The molecular weight excluding hydrogens is 280 g/mol. The van der Waals surface area contributed by atoms with Crippen molar-refractivity contribution in [2.24, 2.45) is 5.41 Å². The fraction of sp³-hybridized carbons (Fsp3) is 0.824. The van der Waals surface area contributed by atoms with Gasteiger partial charge in [-0.3, -0.25) is 0 Å². The molecule has 0 spiro atoms. The molecule has 0 radical (unpaired) electrons. The van der Waals surface area contributed by atoms with Gasteiger partial charge in [-0.2, -0.15) is 0 Å². The number of hydrogen-bond donors (Lipinski definition) is 1. The van der Waals surface area contributed by atoms with Crippen molar-refractivity contribution in [3.63, 3.8) is 0 Å². The van der Waals surface area contributed by atoms with E-state index in [9.17, 15) is 0 Å². The molecule has 1 aromatic rings. The zero-order valence-corrected chi connectivity index (χ0v) is 15.2. The zero-order valence-electron chi connectivity index (χ0n) is 14.4. The molecule has 3 nitrogen and oxygen atoms in total.